The van der Waals surface area contributed by atoms with Crippen LogP contribution < -0.4 is 20.7 Å². The topological polar surface area (TPSA) is 25.8 Å². The van der Waals surface area contributed by atoms with Crippen LogP contribution in [0.1, 0.15) is 5.69 Å². The van der Waals surface area contributed by atoms with E-state index in [1.54, 1.807) is 0 Å². The molecule has 0 spiro atoms. The largest absolute Gasteiger partial charge is 0.304 e. The minimum absolute atomic E-state index is 0. The van der Waals surface area contributed by atoms with Crippen molar-refractivity contribution in [2.75, 3.05) is 0 Å². The molecule has 6 aromatic carbocycles. The Bertz CT molecular complexity index is 2160. The maximum Gasteiger partial charge on any atom is 0.180 e. The normalized spacial score (nSPS) is 12.6. The number of benzene rings is 6. The van der Waals surface area contributed by atoms with Crippen LogP contribution >= 0.6 is 0 Å². The molecule has 1 aliphatic heterocycles. The van der Waals surface area contributed by atoms with Crippen molar-refractivity contribution in [2.45, 2.75) is 6.92 Å². The fourth-order valence-corrected chi connectivity index (χ4v) is 12.2. The van der Waals surface area contributed by atoms with Crippen LogP contribution in [0.4, 0.5) is 0 Å². The number of pyridine rings is 2. The Morgan fingerprint density at radius 2 is 1.22 bits per heavy atom. The summed E-state index contributed by atoms with van der Waals surface area (Å²) in [7, 11) is -2.44. The summed E-state index contributed by atoms with van der Waals surface area (Å²) < 4.78 is 0. The number of hydrogen-bond acceptors (Lipinski definition) is 2. The van der Waals surface area contributed by atoms with Crippen molar-refractivity contribution in [1.29, 1.82) is 0 Å². The van der Waals surface area contributed by atoms with Crippen LogP contribution in [-0.2, 0) is 20.1 Å². The van der Waals surface area contributed by atoms with Gasteiger partial charge < -0.3 is 9.97 Å². The SMILES string of the molecule is Cc1cccc(-c2[c-]cccc2)n1.[Ir].[c-]1cccc2c1c1nccc3c1c1c(cccc21)[Si]3(c1ccccc1)c1ccccc1. The molecule has 0 unspecified atom stereocenters. The van der Waals surface area contributed by atoms with E-state index < -0.39 is 8.07 Å². The van der Waals surface area contributed by atoms with E-state index in [0.717, 1.165) is 27.9 Å². The van der Waals surface area contributed by atoms with Gasteiger partial charge in [-0.15, -0.1) is 65.5 Å². The van der Waals surface area contributed by atoms with Gasteiger partial charge in [0.15, 0.2) is 8.07 Å². The summed E-state index contributed by atoms with van der Waals surface area (Å²) in [5.41, 5.74) is 4.15. The third-order valence-corrected chi connectivity index (χ3v) is 13.6. The quantitative estimate of drug-likeness (QED) is 0.111. The van der Waals surface area contributed by atoms with Crippen molar-refractivity contribution >= 4 is 61.3 Å². The van der Waals surface area contributed by atoms with Gasteiger partial charge in [0.25, 0.3) is 0 Å². The molecule has 0 bridgehead atoms. The summed E-state index contributed by atoms with van der Waals surface area (Å²) in [6.07, 6.45) is 2.00. The Kier molecular flexibility index (Phi) is 7.72. The van der Waals surface area contributed by atoms with Gasteiger partial charge in [0, 0.05) is 32.0 Å². The second-order valence-corrected chi connectivity index (χ2v) is 14.9. The number of nitrogens with zero attached hydrogens (tertiary/aromatic N) is 2. The van der Waals surface area contributed by atoms with E-state index in [-0.39, 0.29) is 20.1 Å². The van der Waals surface area contributed by atoms with Gasteiger partial charge in [-0.2, -0.15) is 0 Å². The molecule has 2 aromatic heterocycles. The van der Waals surface area contributed by atoms with Crippen molar-refractivity contribution < 1.29 is 20.1 Å². The van der Waals surface area contributed by atoms with Crippen molar-refractivity contribution in [3.05, 3.63) is 170 Å². The predicted octanol–water partition coefficient (Wildman–Crippen LogP) is 6.89. The second-order valence-electron chi connectivity index (χ2n) is 11.2. The molecule has 0 fully saturated rings. The van der Waals surface area contributed by atoms with Gasteiger partial charge in [0.2, 0.25) is 0 Å². The van der Waals surface area contributed by atoms with Gasteiger partial charge in [0.05, 0.1) is 0 Å². The number of aromatic nitrogens is 2. The zero-order valence-electron chi connectivity index (χ0n) is 24.7. The molecule has 1 radical (unpaired) electrons. The standard InChI is InChI=1S/C29H18NSi.C12H10N.Ir/c1-3-10-20(11-4-1)31(21-12-5-2-6-13-21)25-17-9-16-23-22-14-7-8-15-24(22)29-28(27(23)25)26(31)18-19-30-29;1-10-6-5-9-12(13-10)11-7-3-2-4-8-11;/h1-14,16-19H;2-7,9H,1H3;/q2*-1;. The summed E-state index contributed by atoms with van der Waals surface area (Å²) in [6.45, 7) is 1.99. The molecule has 45 heavy (non-hydrogen) atoms. The summed E-state index contributed by atoms with van der Waals surface area (Å²) in [4.78, 5) is 9.31. The fourth-order valence-electron chi connectivity index (χ4n) is 6.99. The van der Waals surface area contributed by atoms with Crippen molar-refractivity contribution in [3.63, 3.8) is 0 Å². The van der Waals surface area contributed by atoms with Gasteiger partial charge in [-0.05, 0) is 61.8 Å². The van der Waals surface area contributed by atoms with Gasteiger partial charge in [-0.25, -0.2) is 0 Å². The van der Waals surface area contributed by atoms with E-state index >= 15 is 0 Å². The molecule has 2 nitrogen and oxygen atoms in total. The first-order valence-corrected chi connectivity index (χ1v) is 16.9. The first-order chi connectivity index (χ1) is 21.8. The summed E-state index contributed by atoms with van der Waals surface area (Å²) in [5.74, 6) is 0. The number of rotatable bonds is 3. The number of hydrogen-bond donors (Lipinski definition) is 0. The van der Waals surface area contributed by atoms with Crippen LogP contribution in [0.25, 0.3) is 43.7 Å². The molecular formula is C41H28IrN2Si-2. The average molecular weight is 769 g/mol. The Morgan fingerprint density at radius 3 is 1.93 bits per heavy atom. The van der Waals surface area contributed by atoms with E-state index in [9.17, 15) is 0 Å². The molecule has 1 aliphatic rings. The first-order valence-electron chi connectivity index (χ1n) is 14.9. The van der Waals surface area contributed by atoms with Crippen LogP contribution in [0, 0.1) is 19.1 Å². The summed E-state index contributed by atoms with van der Waals surface area (Å²) in [5, 5.41) is 12.1. The van der Waals surface area contributed by atoms with Crippen LogP contribution in [-0.4, -0.2) is 18.0 Å². The zero-order chi connectivity index (χ0) is 29.5. The van der Waals surface area contributed by atoms with E-state index in [1.807, 2.05) is 61.7 Å². The molecule has 3 heterocycles. The minimum atomic E-state index is -2.44. The summed E-state index contributed by atoms with van der Waals surface area (Å²) in [6, 6.07) is 58.2. The third kappa shape index (κ3) is 4.65. The number of aryl methyl sites for hydroxylation is 1. The minimum Gasteiger partial charge on any atom is -0.304 e. The smallest absolute Gasteiger partial charge is 0.180 e. The Balaban J connectivity index is 0.000000196. The molecule has 4 heteroatoms. The van der Waals surface area contributed by atoms with Crippen molar-refractivity contribution in [3.8, 4) is 11.3 Å². The van der Waals surface area contributed by atoms with E-state index in [1.165, 1.54) is 42.3 Å². The van der Waals surface area contributed by atoms with Gasteiger partial charge in [-0.3, -0.25) is 0 Å². The maximum atomic E-state index is 4.90. The molecule has 217 valence electrons. The van der Waals surface area contributed by atoms with Gasteiger partial charge in [-0.1, -0.05) is 102 Å². The Morgan fingerprint density at radius 1 is 0.556 bits per heavy atom. The molecule has 0 N–H and O–H groups in total. The van der Waals surface area contributed by atoms with Gasteiger partial charge in [0.1, 0.15) is 0 Å². The van der Waals surface area contributed by atoms with E-state index in [2.05, 4.69) is 114 Å². The number of fused-ring (bicyclic) bond motifs is 3. The van der Waals surface area contributed by atoms with Crippen LogP contribution in [0.15, 0.2) is 152 Å². The monoisotopic (exact) mass is 769 g/mol. The van der Waals surface area contributed by atoms with E-state index in [0.29, 0.717) is 0 Å². The molecule has 0 aliphatic carbocycles. The second kappa shape index (κ2) is 12.0. The molecule has 0 saturated carbocycles. The fraction of sp³-hybridized carbons (Fsp3) is 0.0244. The van der Waals surface area contributed by atoms with Crippen LogP contribution in [0.2, 0.25) is 0 Å². The molecule has 0 amide bonds. The molecular weight excluding hydrogens is 741 g/mol. The third-order valence-electron chi connectivity index (χ3n) is 8.74. The maximum absolute atomic E-state index is 4.90. The molecule has 8 aromatic rings. The van der Waals surface area contributed by atoms with Crippen molar-refractivity contribution in [1.82, 2.24) is 9.97 Å². The Labute approximate surface area is 277 Å². The van der Waals surface area contributed by atoms with Crippen molar-refractivity contribution in [2.24, 2.45) is 0 Å². The first kappa shape index (κ1) is 29.0. The van der Waals surface area contributed by atoms with Gasteiger partial charge >= 0.3 is 0 Å². The molecule has 0 atom stereocenters. The zero-order valence-corrected chi connectivity index (χ0v) is 28.1. The molecule has 9 rings (SSSR count). The Hall–Kier alpha value is -4.73. The average Bonchev–Trinajstić information content (AvgIpc) is 3.41. The van der Waals surface area contributed by atoms with E-state index in [4.69, 9.17) is 4.98 Å². The van der Waals surface area contributed by atoms with Crippen LogP contribution in [0.5, 0.6) is 0 Å². The van der Waals surface area contributed by atoms with Crippen LogP contribution in [0.3, 0.4) is 0 Å². The predicted molar refractivity (Wildman–Crippen MR) is 186 cm³/mol. The molecule has 0 saturated heterocycles. The summed E-state index contributed by atoms with van der Waals surface area (Å²) >= 11 is 0.